The average Bonchev–Trinajstić information content (AvgIpc) is 3.16. The van der Waals surface area contributed by atoms with Crippen LogP contribution in [0.2, 0.25) is 0 Å². The van der Waals surface area contributed by atoms with Gasteiger partial charge in [0.2, 0.25) is 11.8 Å². The minimum atomic E-state index is -0.815. The second-order valence-corrected chi connectivity index (χ2v) is 6.14. The van der Waals surface area contributed by atoms with Crippen molar-refractivity contribution < 1.29 is 37.9 Å². The summed E-state index contributed by atoms with van der Waals surface area (Å²) in [6.07, 6.45) is 1.07. The van der Waals surface area contributed by atoms with E-state index in [1.54, 1.807) is 6.92 Å². The fourth-order valence-electron chi connectivity index (χ4n) is 2.84. The van der Waals surface area contributed by atoms with Crippen molar-refractivity contribution in [1.29, 1.82) is 0 Å². The molecule has 2 rings (SSSR count). The van der Waals surface area contributed by atoms with Gasteiger partial charge in [-0.15, -0.1) is 0 Å². The Morgan fingerprint density at radius 1 is 1.18 bits per heavy atom. The van der Waals surface area contributed by atoms with Gasteiger partial charge in [-0.3, -0.25) is 24.5 Å². The lowest BCUT2D eigenvalue weighted by molar-refractivity contribution is -0.150. The van der Waals surface area contributed by atoms with Gasteiger partial charge in [-0.1, -0.05) is 0 Å². The molecular formula is C18H22N2O8. The maximum Gasteiger partial charge on any atom is 0.344 e. The molecule has 1 aliphatic rings. The largest absolute Gasteiger partial charge is 0.462 e. The first kappa shape index (κ1) is 21.1. The van der Waals surface area contributed by atoms with Crippen molar-refractivity contribution in [2.45, 2.75) is 33.6 Å². The fourth-order valence-corrected chi connectivity index (χ4v) is 2.84. The van der Waals surface area contributed by atoms with E-state index in [1.165, 1.54) is 18.7 Å². The number of esters is 2. The number of hydrogen-bond acceptors (Lipinski definition) is 8. The molecule has 0 aromatic carbocycles. The lowest BCUT2D eigenvalue weighted by Crippen LogP contribution is -2.33. The van der Waals surface area contributed by atoms with Crippen molar-refractivity contribution in [3.05, 3.63) is 16.9 Å². The number of nitrogens with zero attached hydrogens (tertiary/aromatic N) is 1. The number of anilines is 1. The fraction of sp³-hybridized carbons (Fsp3) is 0.500. The summed E-state index contributed by atoms with van der Waals surface area (Å²) in [5.74, 6) is -2.97. The van der Waals surface area contributed by atoms with Gasteiger partial charge < -0.3 is 18.8 Å². The summed E-state index contributed by atoms with van der Waals surface area (Å²) in [4.78, 5) is 60.7. The Bertz CT molecular complexity index is 811. The van der Waals surface area contributed by atoms with Gasteiger partial charge >= 0.3 is 11.9 Å². The molecule has 1 fully saturated rings. The topological polar surface area (TPSA) is 132 Å². The molecule has 0 bridgehead atoms. The van der Waals surface area contributed by atoms with Gasteiger partial charge in [0.1, 0.15) is 17.9 Å². The maximum atomic E-state index is 12.2. The van der Waals surface area contributed by atoms with E-state index in [2.05, 4.69) is 5.32 Å². The summed E-state index contributed by atoms with van der Waals surface area (Å²) in [5.41, 5.74) is -0.174. The van der Waals surface area contributed by atoms with Crippen LogP contribution in [0.25, 0.3) is 0 Å². The van der Waals surface area contributed by atoms with Crippen LogP contribution in [0.15, 0.2) is 4.42 Å². The number of carbonyl (C=O) groups is 5. The Morgan fingerprint density at radius 2 is 1.89 bits per heavy atom. The van der Waals surface area contributed by atoms with Gasteiger partial charge in [-0.05, 0) is 27.2 Å². The molecule has 0 unspecified atom stereocenters. The molecule has 0 saturated carbocycles. The first-order valence-electron chi connectivity index (χ1n) is 8.79. The van der Waals surface area contributed by atoms with Crippen LogP contribution in [-0.4, -0.2) is 60.7 Å². The third kappa shape index (κ3) is 4.96. The summed E-state index contributed by atoms with van der Waals surface area (Å²) in [5, 5.41) is 2.31. The molecule has 0 atom stereocenters. The molecule has 1 aromatic rings. The first-order valence-corrected chi connectivity index (χ1v) is 8.79. The van der Waals surface area contributed by atoms with Crippen LogP contribution in [0.5, 0.6) is 0 Å². The van der Waals surface area contributed by atoms with E-state index in [-0.39, 0.29) is 41.8 Å². The van der Waals surface area contributed by atoms with E-state index in [0.717, 1.165) is 0 Å². The molecule has 28 heavy (non-hydrogen) atoms. The molecule has 152 valence electrons. The molecule has 1 N–H and O–H groups in total. The van der Waals surface area contributed by atoms with Crippen LogP contribution in [0.4, 0.5) is 5.88 Å². The van der Waals surface area contributed by atoms with Gasteiger partial charge in [0, 0.05) is 13.0 Å². The summed E-state index contributed by atoms with van der Waals surface area (Å²) in [6, 6.07) is 0. The Hall–Kier alpha value is -3.17. The molecule has 10 heteroatoms. The van der Waals surface area contributed by atoms with Gasteiger partial charge in [0.05, 0.1) is 12.2 Å². The smallest absolute Gasteiger partial charge is 0.344 e. The number of carbonyl (C=O) groups excluding carboxylic acids is 5. The zero-order chi connectivity index (χ0) is 20.8. The van der Waals surface area contributed by atoms with Crippen LogP contribution in [0.1, 0.15) is 53.2 Å². The highest BCUT2D eigenvalue weighted by molar-refractivity contribution is 6.10. The number of nitrogens with one attached hydrogen (secondary N) is 1. The number of rotatable bonds is 8. The second kappa shape index (κ2) is 9.16. The van der Waals surface area contributed by atoms with Crippen molar-refractivity contribution in [2.24, 2.45) is 0 Å². The van der Waals surface area contributed by atoms with E-state index in [1.807, 2.05) is 0 Å². The molecule has 1 saturated heterocycles. The number of ether oxygens (including phenoxy) is 2. The molecule has 1 aromatic heterocycles. The number of amides is 2. The van der Waals surface area contributed by atoms with Gasteiger partial charge in [0.15, 0.2) is 12.4 Å². The lowest BCUT2D eigenvalue weighted by atomic mass is 10.1. The number of hydrogen-bond donors (Lipinski definition) is 1. The average molecular weight is 394 g/mol. The SMILES string of the molecule is CCOC(=O)c1c(NC(=O)COC(=O)CN2CCCC2=O)oc(C)c1C(C)=O. The van der Waals surface area contributed by atoms with Crippen LogP contribution < -0.4 is 5.32 Å². The predicted molar refractivity (Wildman–Crippen MR) is 94.8 cm³/mol. The molecule has 1 aliphatic heterocycles. The zero-order valence-electron chi connectivity index (χ0n) is 16.0. The van der Waals surface area contributed by atoms with E-state index in [9.17, 15) is 24.0 Å². The van der Waals surface area contributed by atoms with Crippen molar-refractivity contribution in [2.75, 3.05) is 31.6 Å². The van der Waals surface area contributed by atoms with Gasteiger partial charge in [-0.2, -0.15) is 0 Å². The minimum Gasteiger partial charge on any atom is -0.462 e. The number of Topliss-reactive ketones (excluding diaryl/α,β-unsaturated/α-hetero) is 1. The molecular weight excluding hydrogens is 372 g/mol. The number of likely N-dealkylation sites (tertiary alicyclic amines) is 1. The zero-order valence-corrected chi connectivity index (χ0v) is 16.0. The summed E-state index contributed by atoms with van der Waals surface area (Å²) < 4.78 is 15.1. The van der Waals surface area contributed by atoms with Crippen molar-refractivity contribution >= 4 is 35.4 Å². The lowest BCUT2D eigenvalue weighted by Gasteiger charge is -2.14. The maximum absolute atomic E-state index is 12.2. The standard InChI is InChI=1S/C18H22N2O8/c1-4-26-18(25)16-15(10(2)21)11(3)28-17(16)19-12(22)9-27-14(24)8-20-7-5-6-13(20)23/h4-9H2,1-3H3,(H,19,22). The highest BCUT2D eigenvalue weighted by Crippen LogP contribution is 2.28. The summed E-state index contributed by atoms with van der Waals surface area (Å²) >= 11 is 0. The number of aryl methyl sites for hydroxylation is 1. The Kier molecular flexibility index (Phi) is 6.91. The normalized spacial score (nSPS) is 13.4. The molecule has 2 heterocycles. The summed E-state index contributed by atoms with van der Waals surface area (Å²) in [6.45, 7) is 4.01. The number of ketones is 1. The third-order valence-electron chi connectivity index (χ3n) is 4.02. The highest BCUT2D eigenvalue weighted by Gasteiger charge is 2.29. The van der Waals surface area contributed by atoms with E-state index < -0.39 is 30.2 Å². The Balaban J connectivity index is 2.02. The molecule has 0 radical (unpaired) electrons. The monoisotopic (exact) mass is 394 g/mol. The van der Waals surface area contributed by atoms with Crippen molar-refractivity contribution in [3.63, 3.8) is 0 Å². The molecule has 10 nitrogen and oxygen atoms in total. The molecule has 2 amide bonds. The Labute approximate surface area is 161 Å². The summed E-state index contributed by atoms with van der Waals surface area (Å²) in [7, 11) is 0. The van der Waals surface area contributed by atoms with Crippen LogP contribution >= 0.6 is 0 Å². The van der Waals surface area contributed by atoms with E-state index in [4.69, 9.17) is 13.9 Å². The van der Waals surface area contributed by atoms with Crippen LogP contribution in [0, 0.1) is 6.92 Å². The van der Waals surface area contributed by atoms with E-state index >= 15 is 0 Å². The third-order valence-corrected chi connectivity index (χ3v) is 4.02. The second-order valence-electron chi connectivity index (χ2n) is 6.14. The van der Waals surface area contributed by atoms with Crippen LogP contribution in [0.3, 0.4) is 0 Å². The quantitative estimate of drug-likeness (QED) is 0.511. The van der Waals surface area contributed by atoms with Crippen molar-refractivity contribution in [3.8, 4) is 0 Å². The van der Waals surface area contributed by atoms with Crippen LogP contribution in [-0.2, 0) is 23.9 Å². The van der Waals surface area contributed by atoms with Gasteiger partial charge in [-0.25, -0.2) is 4.79 Å². The molecule has 0 aliphatic carbocycles. The number of furan rings is 1. The first-order chi connectivity index (χ1) is 13.2. The predicted octanol–water partition coefficient (Wildman–Crippen LogP) is 1.07. The Morgan fingerprint density at radius 3 is 2.46 bits per heavy atom. The van der Waals surface area contributed by atoms with Gasteiger partial charge in [0.25, 0.3) is 5.91 Å². The van der Waals surface area contributed by atoms with Crippen molar-refractivity contribution in [1.82, 2.24) is 4.90 Å². The minimum absolute atomic E-state index is 0.0123. The van der Waals surface area contributed by atoms with E-state index in [0.29, 0.717) is 19.4 Å². The highest BCUT2D eigenvalue weighted by atomic mass is 16.5. The molecule has 0 spiro atoms.